The van der Waals surface area contributed by atoms with Crippen LogP contribution in [-0.2, 0) is 13.2 Å². The van der Waals surface area contributed by atoms with E-state index >= 15 is 0 Å². The van der Waals surface area contributed by atoms with Crippen LogP contribution in [0.15, 0.2) is 45.3 Å². The van der Waals surface area contributed by atoms with E-state index in [1.54, 1.807) is 7.11 Å². The predicted molar refractivity (Wildman–Crippen MR) is 87.1 cm³/mol. The molecule has 0 radical (unpaired) electrons. The number of ether oxygens (including phenoxy) is 2. The van der Waals surface area contributed by atoms with E-state index in [9.17, 15) is 0 Å². The van der Waals surface area contributed by atoms with Gasteiger partial charge in [0.2, 0.25) is 0 Å². The molecule has 0 spiro atoms. The number of rotatable bonds is 5. The Hall–Kier alpha value is -1.04. The standard InChI is InChI=1S/C15H15Br2NO2/c1-19-15-5-2-12(16)6-11(15)9-20-13-3-4-14(17)10(7-13)8-18/h2-7H,8-9,18H2,1H3. The highest BCUT2D eigenvalue weighted by Crippen LogP contribution is 2.26. The molecule has 0 aliphatic rings. The average molecular weight is 401 g/mol. The first-order chi connectivity index (χ1) is 9.63. The van der Waals surface area contributed by atoms with Crippen LogP contribution in [0.25, 0.3) is 0 Å². The third-order valence-electron chi connectivity index (χ3n) is 2.87. The third kappa shape index (κ3) is 3.75. The Labute approximate surface area is 135 Å². The summed E-state index contributed by atoms with van der Waals surface area (Å²) < 4.78 is 13.1. The molecule has 0 aromatic heterocycles. The molecule has 0 saturated carbocycles. The highest BCUT2D eigenvalue weighted by Gasteiger charge is 2.06. The highest BCUT2D eigenvalue weighted by atomic mass is 79.9. The van der Waals surface area contributed by atoms with Crippen LogP contribution >= 0.6 is 31.9 Å². The number of methoxy groups -OCH3 is 1. The van der Waals surface area contributed by atoms with Gasteiger partial charge in [0, 0.05) is 21.1 Å². The molecule has 0 aliphatic heterocycles. The van der Waals surface area contributed by atoms with Crippen molar-refractivity contribution in [3.05, 3.63) is 56.5 Å². The fraction of sp³-hybridized carbons (Fsp3) is 0.200. The lowest BCUT2D eigenvalue weighted by molar-refractivity contribution is 0.296. The van der Waals surface area contributed by atoms with E-state index in [4.69, 9.17) is 15.2 Å². The summed E-state index contributed by atoms with van der Waals surface area (Å²) in [6, 6.07) is 11.6. The van der Waals surface area contributed by atoms with E-state index in [0.29, 0.717) is 13.2 Å². The molecule has 3 nitrogen and oxygen atoms in total. The first kappa shape index (κ1) is 15.4. The zero-order valence-electron chi connectivity index (χ0n) is 11.0. The molecule has 0 heterocycles. The maximum Gasteiger partial charge on any atom is 0.125 e. The Bertz CT molecular complexity index is 602. The molecule has 0 saturated heterocycles. The predicted octanol–water partition coefficient (Wildman–Crippen LogP) is 4.26. The molecule has 2 N–H and O–H groups in total. The van der Waals surface area contributed by atoms with Gasteiger partial charge in [0.1, 0.15) is 18.1 Å². The summed E-state index contributed by atoms with van der Waals surface area (Å²) in [6.45, 7) is 0.909. The monoisotopic (exact) mass is 399 g/mol. The summed E-state index contributed by atoms with van der Waals surface area (Å²) in [7, 11) is 1.65. The van der Waals surface area contributed by atoms with Crippen molar-refractivity contribution in [1.82, 2.24) is 0 Å². The van der Waals surface area contributed by atoms with E-state index in [1.165, 1.54) is 0 Å². The normalized spacial score (nSPS) is 10.4. The topological polar surface area (TPSA) is 44.5 Å². The van der Waals surface area contributed by atoms with Gasteiger partial charge in [-0.1, -0.05) is 31.9 Å². The van der Waals surface area contributed by atoms with Crippen molar-refractivity contribution in [3.63, 3.8) is 0 Å². The molecule has 2 aromatic carbocycles. The molecule has 0 aliphatic carbocycles. The van der Waals surface area contributed by atoms with Crippen LogP contribution in [0.5, 0.6) is 11.5 Å². The maximum absolute atomic E-state index is 5.81. The molecule has 0 atom stereocenters. The van der Waals surface area contributed by atoms with E-state index in [-0.39, 0.29) is 0 Å². The Morgan fingerprint density at radius 2 is 1.85 bits per heavy atom. The van der Waals surface area contributed by atoms with Crippen molar-refractivity contribution in [3.8, 4) is 11.5 Å². The van der Waals surface area contributed by atoms with Gasteiger partial charge in [-0.25, -0.2) is 0 Å². The molecule has 20 heavy (non-hydrogen) atoms. The lowest BCUT2D eigenvalue weighted by Crippen LogP contribution is -2.01. The molecule has 0 unspecified atom stereocenters. The van der Waals surface area contributed by atoms with Gasteiger partial charge in [0.05, 0.1) is 7.11 Å². The molecule has 5 heteroatoms. The van der Waals surface area contributed by atoms with Crippen molar-refractivity contribution in [2.75, 3.05) is 7.11 Å². The molecular formula is C15H15Br2NO2. The Morgan fingerprint density at radius 1 is 1.05 bits per heavy atom. The quantitative estimate of drug-likeness (QED) is 0.815. The summed E-state index contributed by atoms with van der Waals surface area (Å²) in [4.78, 5) is 0. The Morgan fingerprint density at radius 3 is 2.55 bits per heavy atom. The van der Waals surface area contributed by atoms with Gasteiger partial charge in [0.25, 0.3) is 0 Å². The number of benzene rings is 2. The van der Waals surface area contributed by atoms with Gasteiger partial charge in [0.15, 0.2) is 0 Å². The van der Waals surface area contributed by atoms with Crippen molar-refractivity contribution < 1.29 is 9.47 Å². The number of hydrogen-bond donors (Lipinski definition) is 1. The lowest BCUT2D eigenvalue weighted by atomic mass is 10.2. The first-order valence-electron chi connectivity index (χ1n) is 6.07. The summed E-state index contributed by atoms with van der Waals surface area (Å²) >= 11 is 6.91. The summed E-state index contributed by atoms with van der Waals surface area (Å²) in [5, 5.41) is 0. The van der Waals surface area contributed by atoms with Gasteiger partial charge < -0.3 is 15.2 Å². The summed E-state index contributed by atoms with van der Waals surface area (Å²) in [6.07, 6.45) is 0. The van der Waals surface area contributed by atoms with Gasteiger partial charge in [-0.2, -0.15) is 0 Å². The molecular weight excluding hydrogens is 386 g/mol. The van der Waals surface area contributed by atoms with Crippen LogP contribution in [0.2, 0.25) is 0 Å². The molecule has 2 aromatic rings. The van der Waals surface area contributed by atoms with E-state index < -0.39 is 0 Å². The van der Waals surface area contributed by atoms with E-state index in [0.717, 1.165) is 31.6 Å². The zero-order valence-corrected chi connectivity index (χ0v) is 14.2. The number of nitrogens with two attached hydrogens (primary N) is 1. The van der Waals surface area contributed by atoms with Crippen molar-refractivity contribution in [1.29, 1.82) is 0 Å². The molecule has 0 amide bonds. The van der Waals surface area contributed by atoms with Gasteiger partial charge in [-0.05, 0) is 42.0 Å². The largest absolute Gasteiger partial charge is 0.496 e. The Balaban J connectivity index is 2.14. The Kier molecular flexibility index (Phi) is 5.46. The SMILES string of the molecule is COc1ccc(Br)cc1COc1ccc(Br)c(CN)c1. The maximum atomic E-state index is 5.81. The number of halogens is 2. The second kappa shape index (κ2) is 7.11. The van der Waals surface area contributed by atoms with Crippen LogP contribution in [0.4, 0.5) is 0 Å². The molecule has 2 rings (SSSR count). The summed E-state index contributed by atoms with van der Waals surface area (Å²) in [5.41, 5.74) is 7.68. The van der Waals surface area contributed by atoms with Gasteiger partial charge >= 0.3 is 0 Å². The second-order valence-corrected chi connectivity index (χ2v) is 5.97. The van der Waals surface area contributed by atoms with Crippen LogP contribution in [0, 0.1) is 0 Å². The minimum atomic E-state index is 0.439. The summed E-state index contributed by atoms with van der Waals surface area (Å²) in [5.74, 6) is 1.60. The first-order valence-corrected chi connectivity index (χ1v) is 7.66. The van der Waals surface area contributed by atoms with Crippen molar-refractivity contribution in [2.45, 2.75) is 13.2 Å². The smallest absolute Gasteiger partial charge is 0.125 e. The minimum absolute atomic E-state index is 0.439. The molecule has 106 valence electrons. The van der Waals surface area contributed by atoms with Gasteiger partial charge in [-0.15, -0.1) is 0 Å². The average Bonchev–Trinajstić information content (AvgIpc) is 2.46. The fourth-order valence-electron chi connectivity index (χ4n) is 1.82. The fourth-order valence-corrected chi connectivity index (χ4v) is 2.64. The number of hydrogen-bond acceptors (Lipinski definition) is 3. The zero-order chi connectivity index (χ0) is 14.5. The van der Waals surface area contributed by atoms with Crippen molar-refractivity contribution >= 4 is 31.9 Å². The van der Waals surface area contributed by atoms with Crippen LogP contribution in [0.1, 0.15) is 11.1 Å². The highest BCUT2D eigenvalue weighted by molar-refractivity contribution is 9.10. The van der Waals surface area contributed by atoms with Gasteiger partial charge in [-0.3, -0.25) is 0 Å². The minimum Gasteiger partial charge on any atom is -0.496 e. The third-order valence-corrected chi connectivity index (χ3v) is 4.14. The second-order valence-electron chi connectivity index (χ2n) is 4.20. The van der Waals surface area contributed by atoms with Crippen LogP contribution in [0.3, 0.4) is 0 Å². The van der Waals surface area contributed by atoms with E-state index in [2.05, 4.69) is 31.9 Å². The van der Waals surface area contributed by atoms with Crippen molar-refractivity contribution in [2.24, 2.45) is 5.73 Å². The molecule has 0 fully saturated rings. The van der Waals surface area contributed by atoms with Crippen LogP contribution < -0.4 is 15.2 Å². The van der Waals surface area contributed by atoms with E-state index in [1.807, 2.05) is 36.4 Å². The molecule has 0 bridgehead atoms. The lowest BCUT2D eigenvalue weighted by Gasteiger charge is -2.12. The van der Waals surface area contributed by atoms with Crippen LogP contribution in [-0.4, -0.2) is 7.11 Å².